The Bertz CT molecular complexity index is 823. The van der Waals surface area contributed by atoms with Crippen molar-refractivity contribution in [2.45, 2.75) is 106 Å². The Hall–Kier alpha value is -1.05. The van der Waals surface area contributed by atoms with Crippen LogP contribution in [0, 0.1) is 51.2 Å². The maximum absolute atomic E-state index is 11.6. The second kappa shape index (κ2) is 7.74. The fourth-order valence-corrected chi connectivity index (χ4v) is 10.2. The van der Waals surface area contributed by atoms with Crippen molar-refractivity contribution in [1.29, 1.82) is 0 Å². The molecule has 0 spiro atoms. The summed E-state index contributed by atoms with van der Waals surface area (Å²) in [6.45, 7) is 21.7. The summed E-state index contributed by atoms with van der Waals surface area (Å²) >= 11 is 0. The molecular formula is C30H48O2. The molecule has 0 amide bonds. The van der Waals surface area contributed by atoms with E-state index >= 15 is 0 Å². The number of rotatable bonds is 5. The van der Waals surface area contributed by atoms with Gasteiger partial charge in [0, 0.05) is 6.42 Å². The molecule has 8 atom stereocenters. The third-order valence-electron chi connectivity index (χ3n) is 12.0. The van der Waals surface area contributed by atoms with E-state index in [0.29, 0.717) is 28.1 Å². The summed E-state index contributed by atoms with van der Waals surface area (Å²) in [4.78, 5) is 11.6. The van der Waals surface area contributed by atoms with E-state index < -0.39 is 5.97 Å². The number of hydrogen-bond acceptors (Lipinski definition) is 1. The second-order valence-corrected chi connectivity index (χ2v) is 13.5. The van der Waals surface area contributed by atoms with Gasteiger partial charge in [0.2, 0.25) is 0 Å². The molecule has 180 valence electrons. The summed E-state index contributed by atoms with van der Waals surface area (Å²) < 4.78 is 0. The van der Waals surface area contributed by atoms with Gasteiger partial charge in [0.1, 0.15) is 0 Å². The molecule has 0 bridgehead atoms. The van der Waals surface area contributed by atoms with E-state index in [-0.39, 0.29) is 11.8 Å². The number of carbonyl (C=O) groups is 1. The number of fused-ring (bicyclic) bond motifs is 5. The number of allylic oxidation sites excluding steroid dienone is 3. The lowest BCUT2D eigenvalue weighted by Crippen LogP contribution is -2.60. The minimum atomic E-state index is -0.666. The van der Waals surface area contributed by atoms with Crippen molar-refractivity contribution < 1.29 is 9.90 Å². The number of hydrogen-bond donors (Lipinski definition) is 1. The maximum Gasteiger partial charge on any atom is 0.303 e. The fourth-order valence-electron chi connectivity index (χ4n) is 10.2. The number of carboxylic acids is 1. The average Bonchev–Trinajstić information content (AvgIpc) is 3.06. The van der Waals surface area contributed by atoms with E-state index in [1.165, 1.54) is 44.1 Å². The smallest absolute Gasteiger partial charge is 0.303 e. The van der Waals surface area contributed by atoms with Crippen molar-refractivity contribution in [3.05, 3.63) is 23.8 Å². The van der Waals surface area contributed by atoms with Gasteiger partial charge in [-0.05, 0) is 110 Å². The summed E-state index contributed by atoms with van der Waals surface area (Å²) in [5.41, 5.74) is 3.92. The molecule has 0 radical (unpaired) electrons. The summed E-state index contributed by atoms with van der Waals surface area (Å²) in [6, 6.07) is 0. The number of aliphatic carboxylic acids is 1. The van der Waals surface area contributed by atoms with Crippen molar-refractivity contribution in [3.8, 4) is 0 Å². The predicted octanol–water partition coefficient (Wildman–Crippen LogP) is 8.28. The van der Waals surface area contributed by atoms with E-state index in [2.05, 4.69) is 61.1 Å². The predicted molar refractivity (Wildman–Crippen MR) is 133 cm³/mol. The molecule has 4 aliphatic carbocycles. The maximum atomic E-state index is 11.6. The van der Waals surface area contributed by atoms with Crippen molar-refractivity contribution >= 4 is 5.97 Å². The number of carboxylic acid groups (broad SMARTS) is 1. The quantitative estimate of drug-likeness (QED) is 0.437. The lowest BCUT2D eigenvalue weighted by atomic mass is 9.37. The Morgan fingerprint density at radius 1 is 1.09 bits per heavy atom. The standard InChI is InChI=1S/C30H48O2/c1-19(2)21-9-10-24-23(27(21,5)15-14-26(31)32)13-16-30(8)25-12-11-22(20(3)4)28(25,6)17-18-29(24,30)7/h13,20-22,24-25H,1,9-12,14-18H2,2-8H3,(H,31,32). The molecule has 0 aliphatic heterocycles. The molecule has 0 aromatic rings. The van der Waals surface area contributed by atoms with Gasteiger partial charge in [-0.25, -0.2) is 0 Å². The van der Waals surface area contributed by atoms with Gasteiger partial charge in [0.25, 0.3) is 0 Å². The van der Waals surface area contributed by atoms with Crippen LogP contribution in [0.25, 0.3) is 0 Å². The van der Waals surface area contributed by atoms with Crippen molar-refractivity contribution in [3.63, 3.8) is 0 Å². The molecule has 3 fully saturated rings. The first-order valence-electron chi connectivity index (χ1n) is 13.4. The molecule has 4 rings (SSSR count). The van der Waals surface area contributed by atoms with Crippen LogP contribution >= 0.6 is 0 Å². The summed E-state index contributed by atoms with van der Waals surface area (Å²) in [5.74, 6) is 2.78. The van der Waals surface area contributed by atoms with E-state index in [1.807, 2.05) is 0 Å². The molecule has 1 N–H and O–H groups in total. The third-order valence-corrected chi connectivity index (χ3v) is 12.0. The third kappa shape index (κ3) is 3.13. The van der Waals surface area contributed by atoms with Gasteiger partial charge in [-0.3, -0.25) is 4.79 Å². The summed E-state index contributed by atoms with van der Waals surface area (Å²) in [7, 11) is 0. The van der Waals surface area contributed by atoms with E-state index in [9.17, 15) is 9.90 Å². The van der Waals surface area contributed by atoms with Crippen molar-refractivity contribution in [2.75, 3.05) is 0 Å². The molecule has 0 aromatic carbocycles. The summed E-state index contributed by atoms with van der Waals surface area (Å²) in [6.07, 6.45) is 12.7. The molecule has 32 heavy (non-hydrogen) atoms. The Morgan fingerprint density at radius 3 is 2.38 bits per heavy atom. The van der Waals surface area contributed by atoms with Gasteiger partial charge in [-0.15, -0.1) is 0 Å². The van der Waals surface area contributed by atoms with Gasteiger partial charge < -0.3 is 5.11 Å². The zero-order chi connectivity index (χ0) is 23.7. The molecular weight excluding hydrogens is 392 g/mol. The fraction of sp³-hybridized carbons (Fsp3) is 0.833. The van der Waals surface area contributed by atoms with E-state index in [4.69, 9.17) is 0 Å². The Kier molecular flexibility index (Phi) is 5.83. The van der Waals surface area contributed by atoms with Gasteiger partial charge in [-0.2, -0.15) is 0 Å². The van der Waals surface area contributed by atoms with E-state index in [0.717, 1.165) is 30.6 Å². The van der Waals surface area contributed by atoms with Crippen LogP contribution in [0.15, 0.2) is 23.8 Å². The minimum Gasteiger partial charge on any atom is -0.481 e. The molecule has 8 unspecified atom stereocenters. The first-order chi connectivity index (χ1) is 14.8. The molecule has 3 saturated carbocycles. The first-order valence-corrected chi connectivity index (χ1v) is 13.4. The Labute approximate surface area is 197 Å². The first kappa shape index (κ1) is 24.1. The molecule has 0 aromatic heterocycles. The van der Waals surface area contributed by atoms with Crippen LogP contribution in [0.1, 0.15) is 106 Å². The van der Waals surface area contributed by atoms with Gasteiger partial charge in [-0.1, -0.05) is 65.3 Å². The highest BCUT2D eigenvalue weighted by Crippen LogP contribution is 2.75. The molecule has 0 heterocycles. The zero-order valence-corrected chi connectivity index (χ0v) is 21.9. The van der Waals surface area contributed by atoms with Crippen LogP contribution in [0.3, 0.4) is 0 Å². The van der Waals surface area contributed by atoms with Gasteiger partial charge >= 0.3 is 5.97 Å². The van der Waals surface area contributed by atoms with Gasteiger partial charge in [0.05, 0.1) is 0 Å². The molecule has 2 heteroatoms. The van der Waals surface area contributed by atoms with Crippen molar-refractivity contribution in [2.24, 2.45) is 51.2 Å². The van der Waals surface area contributed by atoms with Crippen LogP contribution in [0.5, 0.6) is 0 Å². The van der Waals surface area contributed by atoms with Gasteiger partial charge in [0.15, 0.2) is 0 Å². The van der Waals surface area contributed by atoms with Crippen LogP contribution in [-0.2, 0) is 4.79 Å². The van der Waals surface area contributed by atoms with Crippen LogP contribution in [-0.4, -0.2) is 11.1 Å². The summed E-state index contributed by atoms with van der Waals surface area (Å²) in [5, 5.41) is 9.52. The average molecular weight is 441 g/mol. The highest BCUT2D eigenvalue weighted by molar-refractivity contribution is 5.66. The van der Waals surface area contributed by atoms with Crippen LogP contribution in [0.2, 0.25) is 0 Å². The lowest BCUT2D eigenvalue weighted by molar-refractivity contribution is -0.150. The topological polar surface area (TPSA) is 37.3 Å². The Balaban J connectivity index is 1.76. The van der Waals surface area contributed by atoms with Crippen LogP contribution < -0.4 is 0 Å². The molecule has 2 nitrogen and oxygen atoms in total. The minimum absolute atomic E-state index is 0.0611. The molecule has 0 saturated heterocycles. The zero-order valence-electron chi connectivity index (χ0n) is 21.9. The normalized spacial score (nSPS) is 47.9. The SMILES string of the molecule is C=C(C)C1CCC2C(=CCC3(C)C4CCC(C(C)C)C4(C)CCC23C)C1(C)CCC(=O)O. The lowest BCUT2D eigenvalue weighted by Gasteiger charge is -2.67. The molecule has 4 aliphatic rings. The van der Waals surface area contributed by atoms with E-state index in [1.54, 1.807) is 5.57 Å². The monoisotopic (exact) mass is 440 g/mol. The van der Waals surface area contributed by atoms with Crippen molar-refractivity contribution in [1.82, 2.24) is 0 Å². The highest BCUT2D eigenvalue weighted by atomic mass is 16.4. The van der Waals surface area contributed by atoms with Crippen LogP contribution in [0.4, 0.5) is 0 Å². The largest absolute Gasteiger partial charge is 0.481 e. The Morgan fingerprint density at radius 2 is 1.78 bits per heavy atom. The highest BCUT2D eigenvalue weighted by Gasteiger charge is 2.67. The second-order valence-electron chi connectivity index (χ2n) is 13.5.